The first kappa shape index (κ1) is 21.2. The molecule has 2 aromatic heterocycles. The van der Waals surface area contributed by atoms with Crippen molar-refractivity contribution in [2.24, 2.45) is 0 Å². The van der Waals surface area contributed by atoms with Crippen LogP contribution in [0.2, 0.25) is 0 Å². The van der Waals surface area contributed by atoms with E-state index in [0.717, 1.165) is 22.3 Å². The van der Waals surface area contributed by atoms with Gasteiger partial charge in [0.1, 0.15) is 0 Å². The van der Waals surface area contributed by atoms with Gasteiger partial charge >= 0.3 is 12.2 Å². The molecule has 2 aromatic carbocycles. The second kappa shape index (κ2) is 8.36. The van der Waals surface area contributed by atoms with Gasteiger partial charge < -0.3 is 5.32 Å². The molecule has 3 heterocycles. The standard InChI is InChI=1S/C23H18F3N5OS/c24-23(25,26)15-6-3-5-14(13-15)16-9-10-18-20(28-16)31(12-4-11-27-18)22(32)30-21-29-17-7-1-2-8-19(17)33-21/h1-3,5-10,13,27H,4,11-12H2,(H,29,30,32). The lowest BCUT2D eigenvalue weighted by Crippen LogP contribution is -2.36. The van der Waals surface area contributed by atoms with Crippen LogP contribution in [0.4, 0.5) is 34.6 Å². The van der Waals surface area contributed by atoms with E-state index in [9.17, 15) is 18.0 Å². The van der Waals surface area contributed by atoms with Crippen molar-refractivity contribution in [3.63, 3.8) is 0 Å². The third-order valence-electron chi connectivity index (χ3n) is 5.24. The highest BCUT2D eigenvalue weighted by Gasteiger charge is 2.31. The fraction of sp³-hybridized carbons (Fsp3) is 0.174. The minimum absolute atomic E-state index is 0.323. The van der Waals surface area contributed by atoms with Crippen LogP contribution in [0, 0.1) is 0 Å². The highest BCUT2D eigenvalue weighted by atomic mass is 32.1. The van der Waals surface area contributed by atoms with Crippen molar-refractivity contribution in [1.29, 1.82) is 0 Å². The van der Waals surface area contributed by atoms with Crippen molar-refractivity contribution in [2.75, 3.05) is 28.6 Å². The SMILES string of the molecule is O=C(Nc1nc2ccccc2s1)N1CCCNc2ccc(-c3cccc(C(F)(F)F)c3)nc21. The number of fused-ring (bicyclic) bond motifs is 2. The molecule has 10 heteroatoms. The van der Waals surface area contributed by atoms with E-state index in [-0.39, 0.29) is 0 Å². The number of amides is 2. The Morgan fingerprint density at radius 1 is 1.06 bits per heavy atom. The maximum Gasteiger partial charge on any atom is 0.416 e. The van der Waals surface area contributed by atoms with Gasteiger partial charge in [0.2, 0.25) is 0 Å². The number of carbonyl (C=O) groups is 1. The zero-order valence-corrected chi connectivity index (χ0v) is 18.0. The van der Waals surface area contributed by atoms with E-state index in [1.54, 1.807) is 18.2 Å². The lowest BCUT2D eigenvalue weighted by Gasteiger charge is -2.22. The summed E-state index contributed by atoms with van der Waals surface area (Å²) in [7, 11) is 0. The number of urea groups is 1. The summed E-state index contributed by atoms with van der Waals surface area (Å²) in [4.78, 5) is 23.7. The first-order valence-electron chi connectivity index (χ1n) is 10.3. The lowest BCUT2D eigenvalue weighted by atomic mass is 10.1. The summed E-state index contributed by atoms with van der Waals surface area (Å²) < 4.78 is 40.5. The van der Waals surface area contributed by atoms with Crippen LogP contribution in [0.3, 0.4) is 0 Å². The van der Waals surface area contributed by atoms with Crippen molar-refractivity contribution >= 4 is 44.2 Å². The maximum atomic E-state index is 13.2. The topological polar surface area (TPSA) is 70.2 Å². The van der Waals surface area contributed by atoms with E-state index in [1.807, 2.05) is 24.3 Å². The van der Waals surface area contributed by atoms with Crippen LogP contribution >= 0.6 is 11.3 Å². The van der Waals surface area contributed by atoms with Gasteiger partial charge in [0.15, 0.2) is 10.9 Å². The molecule has 5 rings (SSSR count). The smallest absolute Gasteiger partial charge is 0.382 e. The molecule has 33 heavy (non-hydrogen) atoms. The Labute approximate surface area is 191 Å². The molecule has 6 nitrogen and oxygen atoms in total. The monoisotopic (exact) mass is 469 g/mol. The Morgan fingerprint density at radius 3 is 2.73 bits per heavy atom. The molecular formula is C23H18F3N5OS. The molecular weight excluding hydrogens is 451 g/mol. The van der Waals surface area contributed by atoms with Gasteiger partial charge in [0.05, 0.1) is 27.2 Å². The number of hydrogen-bond donors (Lipinski definition) is 2. The highest BCUT2D eigenvalue weighted by molar-refractivity contribution is 7.22. The number of benzene rings is 2. The Morgan fingerprint density at radius 2 is 1.91 bits per heavy atom. The molecule has 1 aliphatic heterocycles. The second-order valence-electron chi connectivity index (χ2n) is 7.50. The molecule has 0 saturated carbocycles. The first-order chi connectivity index (χ1) is 15.9. The number of halogens is 3. The molecule has 1 aliphatic rings. The Kier molecular flexibility index (Phi) is 5.37. The van der Waals surface area contributed by atoms with Crippen molar-refractivity contribution in [3.05, 3.63) is 66.2 Å². The third kappa shape index (κ3) is 4.34. The van der Waals surface area contributed by atoms with Gasteiger partial charge in [0, 0.05) is 18.7 Å². The summed E-state index contributed by atoms with van der Waals surface area (Å²) in [5.41, 5.74) is 1.36. The number of alkyl halides is 3. The minimum Gasteiger partial charge on any atom is -0.382 e. The van der Waals surface area contributed by atoms with Crippen molar-refractivity contribution in [3.8, 4) is 11.3 Å². The third-order valence-corrected chi connectivity index (χ3v) is 6.20. The predicted molar refractivity (Wildman–Crippen MR) is 124 cm³/mol. The molecule has 0 unspecified atom stereocenters. The number of nitrogens with one attached hydrogen (secondary N) is 2. The largest absolute Gasteiger partial charge is 0.416 e. The summed E-state index contributed by atoms with van der Waals surface area (Å²) in [6, 6.07) is 15.6. The molecule has 0 radical (unpaired) electrons. The van der Waals surface area contributed by atoms with Gasteiger partial charge in [-0.2, -0.15) is 13.2 Å². The number of thiazole rings is 1. The normalized spacial score (nSPS) is 13.8. The summed E-state index contributed by atoms with van der Waals surface area (Å²) >= 11 is 1.37. The Balaban J connectivity index is 1.48. The van der Waals surface area contributed by atoms with Gasteiger partial charge in [0.25, 0.3) is 0 Å². The number of anilines is 3. The van der Waals surface area contributed by atoms with Crippen LogP contribution in [-0.4, -0.2) is 29.1 Å². The van der Waals surface area contributed by atoms with E-state index >= 15 is 0 Å². The minimum atomic E-state index is -4.45. The summed E-state index contributed by atoms with van der Waals surface area (Å²) in [5, 5.41) is 6.53. The molecule has 4 aromatic rings. The van der Waals surface area contributed by atoms with Crippen molar-refractivity contribution in [1.82, 2.24) is 9.97 Å². The lowest BCUT2D eigenvalue weighted by molar-refractivity contribution is -0.137. The number of nitrogens with zero attached hydrogens (tertiary/aromatic N) is 3. The second-order valence-corrected chi connectivity index (χ2v) is 8.53. The van der Waals surface area contributed by atoms with Crippen LogP contribution in [0.25, 0.3) is 21.5 Å². The molecule has 0 spiro atoms. The summed E-state index contributed by atoms with van der Waals surface area (Å²) in [6.45, 7) is 1.04. The molecule has 2 N–H and O–H groups in total. The van der Waals surface area contributed by atoms with Crippen LogP contribution in [0.5, 0.6) is 0 Å². The number of carbonyl (C=O) groups excluding carboxylic acids is 1. The highest BCUT2D eigenvalue weighted by Crippen LogP contribution is 2.34. The Hall–Kier alpha value is -3.66. The van der Waals surface area contributed by atoms with Gasteiger partial charge in [-0.05, 0) is 42.8 Å². The van der Waals surface area contributed by atoms with E-state index in [1.165, 1.54) is 22.3 Å². The average molecular weight is 469 g/mol. The quantitative estimate of drug-likeness (QED) is 0.365. The summed E-state index contributed by atoms with van der Waals surface area (Å²) in [5.74, 6) is 0.362. The average Bonchev–Trinajstić information content (AvgIpc) is 3.08. The molecule has 0 atom stereocenters. The van der Waals surface area contributed by atoms with Gasteiger partial charge in [-0.3, -0.25) is 10.2 Å². The Bertz CT molecular complexity index is 1300. The van der Waals surface area contributed by atoms with Crippen LogP contribution in [0.15, 0.2) is 60.7 Å². The predicted octanol–water partition coefficient (Wildman–Crippen LogP) is 6.23. The van der Waals surface area contributed by atoms with Gasteiger partial charge in [-0.15, -0.1) is 0 Å². The van der Waals surface area contributed by atoms with Crippen molar-refractivity contribution < 1.29 is 18.0 Å². The zero-order chi connectivity index (χ0) is 23.0. The fourth-order valence-electron chi connectivity index (χ4n) is 3.66. The number of para-hydroxylation sites is 1. The van der Waals surface area contributed by atoms with Crippen molar-refractivity contribution in [2.45, 2.75) is 12.6 Å². The molecule has 0 bridgehead atoms. The first-order valence-corrected chi connectivity index (χ1v) is 11.1. The molecule has 0 aliphatic carbocycles. The van der Waals surface area contributed by atoms with Gasteiger partial charge in [-0.25, -0.2) is 14.8 Å². The fourth-order valence-corrected chi connectivity index (χ4v) is 4.51. The number of aromatic nitrogens is 2. The van der Waals surface area contributed by atoms with E-state index in [4.69, 9.17) is 0 Å². The zero-order valence-electron chi connectivity index (χ0n) is 17.2. The molecule has 0 saturated heterocycles. The van der Waals surface area contributed by atoms with Crippen LogP contribution < -0.4 is 15.5 Å². The van der Waals surface area contributed by atoms with E-state index < -0.39 is 17.8 Å². The molecule has 168 valence electrons. The van der Waals surface area contributed by atoms with Crippen LogP contribution in [-0.2, 0) is 6.18 Å². The van der Waals surface area contributed by atoms with Crippen LogP contribution in [0.1, 0.15) is 12.0 Å². The molecule has 0 fully saturated rings. The maximum absolute atomic E-state index is 13.2. The summed E-state index contributed by atoms with van der Waals surface area (Å²) in [6.07, 6.45) is -3.77. The number of pyridine rings is 1. The number of hydrogen-bond acceptors (Lipinski definition) is 5. The van der Waals surface area contributed by atoms with E-state index in [0.29, 0.717) is 47.4 Å². The molecule has 2 amide bonds. The van der Waals surface area contributed by atoms with Gasteiger partial charge in [-0.1, -0.05) is 35.6 Å². The number of rotatable bonds is 2. The van der Waals surface area contributed by atoms with E-state index in [2.05, 4.69) is 20.6 Å².